The first-order chi connectivity index (χ1) is 4.83. The van der Waals surface area contributed by atoms with Gasteiger partial charge in [0.25, 0.3) is 0 Å². The molecular formula is C9H14O. The summed E-state index contributed by atoms with van der Waals surface area (Å²) in [6.45, 7) is 0. The summed E-state index contributed by atoms with van der Waals surface area (Å²) in [6, 6.07) is 0. The van der Waals surface area contributed by atoms with Gasteiger partial charge in [-0.15, -0.1) is 0 Å². The lowest BCUT2D eigenvalue weighted by molar-refractivity contribution is -0.124. The van der Waals surface area contributed by atoms with Crippen LogP contribution in [0.2, 0.25) is 0 Å². The Balaban J connectivity index is 2.09. The highest BCUT2D eigenvalue weighted by atomic mass is 16.1. The Morgan fingerprint density at radius 2 is 1.80 bits per heavy atom. The standard InChI is InChI=1S/C9H14O/c10-8-4-2-1-3-5-9(8)6-7-9/h1-7H2. The number of Topliss-reactive ketones (excluding diaryl/α,β-unsaturated/α-hetero) is 1. The highest BCUT2D eigenvalue weighted by Crippen LogP contribution is 2.52. The molecule has 1 nitrogen and oxygen atoms in total. The SMILES string of the molecule is O=C1CCCCCC12CC2. The molecular weight excluding hydrogens is 124 g/mol. The van der Waals surface area contributed by atoms with Crippen molar-refractivity contribution in [1.29, 1.82) is 0 Å². The van der Waals surface area contributed by atoms with E-state index < -0.39 is 0 Å². The van der Waals surface area contributed by atoms with E-state index in [1.807, 2.05) is 0 Å². The molecule has 0 saturated heterocycles. The van der Waals surface area contributed by atoms with Crippen LogP contribution in [0.15, 0.2) is 0 Å². The summed E-state index contributed by atoms with van der Waals surface area (Å²) in [4.78, 5) is 11.4. The van der Waals surface area contributed by atoms with Gasteiger partial charge in [-0.25, -0.2) is 0 Å². The highest BCUT2D eigenvalue weighted by Gasteiger charge is 2.48. The van der Waals surface area contributed by atoms with Gasteiger partial charge in [0.2, 0.25) is 0 Å². The molecule has 2 rings (SSSR count). The molecule has 0 unspecified atom stereocenters. The third-order valence-corrected chi connectivity index (χ3v) is 3.00. The van der Waals surface area contributed by atoms with E-state index in [4.69, 9.17) is 0 Å². The number of rotatable bonds is 0. The van der Waals surface area contributed by atoms with E-state index in [0.717, 1.165) is 12.8 Å². The summed E-state index contributed by atoms with van der Waals surface area (Å²) >= 11 is 0. The maximum absolute atomic E-state index is 11.4. The van der Waals surface area contributed by atoms with E-state index in [-0.39, 0.29) is 5.41 Å². The molecule has 0 aromatic carbocycles. The molecule has 1 heteroatoms. The van der Waals surface area contributed by atoms with Gasteiger partial charge >= 0.3 is 0 Å². The quantitative estimate of drug-likeness (QED) is 0.502. The monoisotopic (exact) mass is 138 g/mol. The van der Waals surface area contributed by atoms with Crippen LogP contribution in [-0.2, 0) is 4.79 Å². The zero-order chi connectivity index (χ0) is 7.03. The minimum atomic E-state index is 0.233. The average molecular weight is 138 g/mol. The van der Waals surface area contributed by atoms with Gasteiger partial charge in [0.05, 0.1) is 0 Å². The Morgan fingerprint density at radius 1 is 1.00 bits per heavy atom. The lowest BCUT2D eigenvalue weighted by Gasteiger charge is -2.07. The van der Waals surface area contributed by atoms with Gasteiger partial charge in [0.1, 0.15) is 5.78 Å². The Kier molecular flexibility index (Phi) is 1.33. The maximum Gasteiger partial charge on any atom is 0.139 e. The van der Waals surface area contributed by atoms with Crippen LogP contribution in [0.25, 0.3) is 0 Å². The molecule has 2 aliphatic rings. The van der Waals surface area contributed by atoms with Gasteiger partial charge in [-0.3, -0.25) is 4.79 Å². The van der Waals surface area contributed by atoms with Crippen molar-refractivity contribution in [2.75, 3.05) is 0 Å². The van der Waals surface area contributed by atoms with Crippen molar-refractivity contribution < 1.29 is 4.79 Å². The van der Waals surface area contributed by atoms with Crippen LogP contribution < -0.4 is 0 Å². The molecule has 10 heavy (non-hydrogen) atoms. The van der Waals surface area contributed by atoms with Crippen LogP contribution in [-0.4, -0.2) is 5.78 Å². The van der Waals surface area contributed by atoms with Crippen molar-refractivity contribution in [3.05, 3.63) is 0 Å². The molecule has 0 bridgehead atoms. The zero-order valence-corrected chi connectivity index (χ0v) is 6.36. The summed E-state index contributed by atoms with van der Waals surface area (Å²) in [7, 11) is 0. The molecule has 56 valence electrons. The summed E-state index contributed by atoms with van der Waals surface area (Å²) in [5.41, 5.74) is 0.233. The molecule has 0 radical (unpaired) electrons. The topological polar surface area (TPSA) is 17.1 Å². The van der Waals surface area contributed by atoms with Crippen LogP contribution in [0.4, 0.5) is 0 Å². The minimum absolute atomic E-state index is 0.233. The molecule has 0 aromatic heterocycles. The van der Waals surface area contributed by atoms with Crippen molar-refractivity contribution in [3.8, 4) is 0 Å². The van der Waals surface area contributed by atoms with Gasteiger partial charge in [-0.2, -0.15) is 0 Å². The summed E-state index contributed by atoms with van der Waals surface area (Å²) < 4.78 is 0. The fourth-order valence-electron chi connectivity index (χ4n) is 2.01. The summed E-state index contributed by atoms with van der Waals surface area (Å²) in [6.07, 6.45) is 8.21. The normalized spacial score (nSPS) is 30.2. The van der Waals surface area contributed by atoms with Crippen molar-refractivity contribution in [2.45, 2.75) is 44.9 Å². The predicted octanol–water partition coefficient (Wildman–Crippen LogP) is 2.30. The number of carbonyl (C=O) groups is 1. The number of ketones is 1. The van der Waals surface area contributed by atoms with Gasteiger partial charge < -0.3 is 0 Å². The van der Waals surface area contributed by atoms with E-state index in [0.29, 0.717) is 5.78 Å². The number of hydrogen-bond donors (Lipinski definition) is 0. The van der Waals surface area contributed by atoms with Crippen molar-refractivity contribution in [2.24, 2.45) is 5.41 Å². The van der Waals surface area contributed by atoms with Gasteiger partial charge in [0, 0.05) is 11.8 Å². The molecule has 0 aromatic rings. The molecule has 2 aliphatic carbocycles. The lowest BCUT2D eigenvalue weighted by Crippen LogP contribution is -2.12. The third kappa shape index (κ3) is 0.882. The maximum atomic E-state index is 11.4. The van der Waals surface area contributed by atoms with Crippen LogP contribution in [0.3, 0.4) is 0 Å². The first kappa shape index (κ1) is 6.38. The van der Waals surface area contributed by atoms with Crippen LogP contribution in [0, 0.1) is 5.41 Å². The number of hydrogen-bond acceptors (Lipinski definition) is 1. The summed E-state index contributed by atoms with van der Waals surface area (Å²) in [5, 5.41) is 0. The van der Waals surface area contributed by atoms with E-state index in [1.165, 1.54) is 32.1 Å². The number of carbonyl (C=O) groups excluding carboxylic acids is 1. The first-order valence-corrected chi connectivity index (χ1v) is 4.37. The second-order valence-corrected chi connectivity index (χ2v) is 3.76. The van der Waals surface area contributed by atoms with Crippen molar-refractivity contribution in [1.82, 2.24) is 0 Å². The lowest BCUT2D eigenvalue weighted by atomic mass is 9.96. The van der Waals surface area contributed by atoms with Crippen LogP contribution in [0.1, 0.15) is 44.9 Å². The second kappa shape index (κ2) is 2.08. The summed E-state index contributed by atoms with van der Waals surface area (Å²) in [5.74, 6) is 0.574. The Morgan fingerprint density at radius 3 is 2.50 bits per heavy atom. The molecule has 0 aliphatic heterocycles. The van der Waals surface area contributed by atoms with Gasteiger partial charge in [-0.05, 0) is 25.7 Å². The Hall–Kier alpha value is -0.330. The average Bonchev–Trinajstić information content (AvgIpc) is 2.69. The van der Waals surface area contributed by atoms with Gasteiger partial charge in [0.15, 0.2) is 0 Å². The van der Waals surface area contributed by atoms with E-state index in [9.17, 15) is 4.79 Å². The molecule has 0 amide bonds. The molecule has 1 spiro atoms. The van der Waals surface area contributed by atoms with Crippen LogP contribution >= 0.6 is 0 Å². The van der Waals surface area contributed by atoms with Crippen molar-refractivity contribution in [3.63, 3.8) is 0 Å². The fraction of sp³-hybridized carbons (Fsp3) is 0.889. The second-order valence-electron chi connectivity index (χ2n) is 3.76. The molecule has 2 saturated carbocycles. The van der Waals surface area contributed by atoms with Crippen LogP contribution in [0.5, 0.6) is 0 Å². The van der Waals surface area contributed by atoms with E-state index in [2.05, 4.69) is 0 Å². The smallest absolute Gasteiger partial charge is 0.139 e. The molecule has 0 atom stereocenters. The largest absolute Gasteiger partial charge is 0.299 e. The fourth-order valence-corrected chi connectivity index (χ4v) is 2.01. The molecule has 0 N–H and O–H groups in total. The third-order valence-electron chi connectivity index (χ3n) is 3.00. The molecule has 0 heterocycles. The Bertz CT molecular complexity index is 156. The minimum Gasteiger partial charge on any atom is -0.299 e. The molecule has 2 fully saturated rings. The van der Waals surface area contributed by atoms with E-state index >= 15 is 0 Å². The predicted molar refractivity (Wildman–Crippen MR) is 39.8 cm³/mol. The van der Waals surface area contributed by atoms with Crippen molar-refractivity contribution >= 4 is 5.78 Å². The highest BCUT2D eigenvalue weighted by molar-refractivity contribution is 5.87. The Labute approximate surface area is 61.8 Å². The van der Waals surface area contributed by atoms with E-state index in [1.54, 1.807) is 0 Å². The zero-order valence-electron chi connectivity index (χ0n) is 6.36. The first-order valence-electron chi connectivity index (χ1n) is 4.37. The van der Waals surface area contributed by atoms with Gasteiger partial charge in [-0.1, -0.05) is 12.8 Å².